The van der Waals surface area contributed by atoms with Gasteiger partial charge in [-0.1, -0.05) is 0 Å². The van der Waals surface area contributed by atoms with E-state index < -0.39 is 0 Å². The first-order valence-corrected chi connectivity index (χ1v) is 5.30. The van der Waals surface area contributed by atoms with E-state index in [1.54, 1.807) is 0 Å². The van der Waals surface area contributed by atoms with E-state index in [9.17, 15) is 5.11 Å². The van der Waals surface area contributed by atoms with Gasteiger partial charge in [-0.2, -0.15) is 4.98 Å². The zero-order chi connectivity index (χ0) is 11.5. The molecule has 2 rings (SSSR count). The molecule has 0 aliphatic carbocycles. The second kappa shape index (κ2) is 4.52. The minimum atomic E-state index is -0.207. The van der Waals surface area contributed by atoms with E-state index in [-0.39, 0.29) is 6.10 Å². The fourth-order valence-corrected chi connectivity index (χ4v) is 1.86. The maximum absolute atomic E-state index is 9.43. The number of aliphatic hydroxyl groups is 1. The molecule has 1 fully saturated rings. The molecule has 0 atom stereocenters. The fourth-order valence-electron chi connectivity index (χ4n) is 1.86. The highest BCUT2D eigenvalue weighted by atomic mass is 16.5. The van der Waals surface area contributed by atoms with Crippen LogP contribution in [-0.2, 0) is 0 Å². The van der Waals surface area contributed by atoms with E-state index in [1.165, 1.54) is 13.4 Å². The van der Waals surface area contributed by atoms with E-state index >= 15 is 0 Å². The summed E-state index contributed by atoms with van der Waals surface area (Å²) in [5.41, 5.74) is 6.36. The van der Waals surface area contributed by atoms with Gasteiger partial charge in [0, 0.05) is 13.1 Å². The molecule has 0 unspecified atom stereocenters. The summed E-state index contributed by atoms with van der Waals surface area (Å²) in [4.78, 5) is 10.1. The van der Waals surface area contributed by atoms with Crippen molar-refractivity contribution in [3.8, 4) is 5.88 Å². The van der Waals surface area contributed by atoms with Crippen molar-refractivity contribution in [2.75, 3.05) is 30.8 Å². The monoisotopic (exact) mass is 224 g/mol. The van der Waals surface area contributed by atoms with Crippen LogP contribution in [0.3, 0.4) is 0 Å². The molecule has 0 saturated carbocycles. The van der Waals surface area contributed by atoms with Gasteiger partial charge in [0.2, 0.25) is 5.88 Å². The fraction of sp³-hybridized carbons (Fsp3) is 0.600. The number of hydrogen-bond donors (Lipinski definition) is 2. The number of anilines is 2. The van der Waals surface area contributed by atoms with Gasteiger partial charge in [-0.25, -0.2) is 4.98 Å². The SMILES string of the molecule is COc1ncnc(N2CCC(O)CC2)c1N. The van der Waals surface area contributed by atoms with Gasteiger partial charge in [-0.05, 0) is 12.8 Å². The summed E-state index contributed by atoms with van der Waals surface area (Å²) in [6.07, 6.45) is 2.72. The summed E-state index contributed by atoms with van der Waals surface area (Å²) in [6.45, 7) is 1.51. The van der Waals surface area contributed by atoms with Crippen molar-refractivity contribution in [2.24, 2.45) is 0 Å². The summed E-state index contributed by atoms with van der Waals surface area (Å²) in [5.74, 6) is 1.09. The summed E-state index contributed by atoms with van der Waals surface area (Å²) in [7, 11) is 1.53. The van der Waals surface area contributed by atoms with Gasteiger partial charge in [0.25, 0.3) is 0 Å². The van der Waals surface area contributed by atoms with Gasteiger partial charge < -0.3 is 20.5 Å². The number of nitrogens with two attached hydrogens (primary N) is 1. The molecule has 1 aromatic rings. The number of hydrogen-bond acceptors (Lipinski definition) is 6. The number of rotatable bonds is 2. The van der Waals surface area contributed by atoms with Crippen molar-refractivity contribution >= 4 is 11.5 Å². The Morgan fingerprint density at radius 3 is 2.75 bits per heavy atom. The third-order valence-electron chi connectivity index (χ3n) is 2.78. The molecule has 16 heavy (non-hydrogen) atoms. The summed E-state index contributed by atoms with van der Waals surface area (Å²) < 4.78 is 5.05. The zero-order valence-electron chi connectivity index (χ0n) is 9.26. The van der Waals surface area contributed by atoms with Crippen molar-refractivity contribution in [1.82, 2.24) is 9.97 Å². The van der Waals surface area contributed by atoms with Gasteiger partial charge in [-0.3, -0.25) is 0 Å². The lowest BCUT2D eigenvalue weighted by Gasteiger charge is -2.31. The first-order valence-electron chi connectivity index (χ1n) is 5.30. The number of ether oxygens (including phenoxy) is 1. The summed E-state index contributed by atoms with van der Waals surface area (Å²) in [6, 6.07) is 0. The first-order chi connectivity index (χ1) is 7.72. The molecule has 0 spiro atoms. The van der Waals surface area contributed by atoms with Crippen LogP contribution in [0, 0.1) is 0 Å². The van der Waals surface area contributed by atoms with E-state index in [4.69, 9.17) is 10.5 Å². The quantitative estimate of drug-likeness (QED) is 0.737. The third-order valence-corrected chi connectivity index (χ3v) is 2.78. The lowest BCUT2D eigenvalue weighted by molar-refractivity contribution is 0.145. The maximum Gasteiger partial charge on any atom is 0.242 e. The Morgan fingerprint density at radius 2 is 2.12 bits per heavy atom. The van der Waals surface area contributed by atoms with Crippen LogP contribution in [0.2, 0.25) is 0 Å². The molecule has 6 heteroatoms. The molecule has 88 valence electrons. The van der Waals surface area contributed by atoms with Crippen LogP contribution in [0.5, 0.6) is 5.88 Å². The van der Waals surface area contributed by atoms with Gasteiger partial charge in [0.15, 0.2) is 5.82 Å². The van der Waals surface area contributed by atoms with Crippen molar-refractivity contribution in [1.29, 1.82) is 0 Å². The third kappa shape index (κ3) is 2.01. The molecule has 0 aromatic carbocycles. The molecule has 6 nitrogen and oxygen atoms in total. The minimum absolute atomic E-state index is 0.207. The largest absolute Gasteiger partial charge is 0.479 e. The van der Waals surface area contributed by atoms with Gasteiger partial charge in [0.05, 0.1) is 13.2 Å². The average Bonchev–Trinajstić information content (AvgIpc) is 2.31. The Balaban J connectivity index is 2.20. The second-order valence-corrected chi connectivity index (χ2v) is 3.84. The van der Waals surface area contributed by atoms with Crippen LogP contribution < -0.4 is 15.4 Å². The second-order valence-electron chi connectivity index (χ2n) is 3.84. The molecule has 1 aliphatic heterocycles. The highest BCUT2D eigenvalue weighted by molar-refractivity contribution is 5.67. The predicted octanol–water partition coefficient (Wildman–Crippen LogP) is 0.0285. The highest BCUT2D eigenvalue weighted by Gasteiger charge is 2.21. The van der Waals surface area contributed by atoms with E-state index in [2.05, 4.69) is 9.97 Å². The minimum Gasteiger partial charge on any atom is -0.479 e. The molecule has 0 radical (unpaired) electrons. The molecule has 3 N–H and O–H groups in total. The van der Waals surface area contributed by atoms with Crippen molar-refractivity contribution < 1.29 is 9.84 Å². The summed E-state index contributed by atoms with van der Waals surface area (Å²) in [5, 5.41) is 9.43. The van der Waals surface area contributed by atoms with Crippen LogP contribution in [0.25, 0.3) is 0 Å². The lowest BCUT2D eigenvalue weighted by Crippen LogP contribution is -2.36. The molecule has 1 saturated heterocycles. The number of nitrogen functional groups attached to an aromatic ring is 1. The Hall–Kier alpha value is -1.56. The lowest BCUT2D eigenvalue weighted by atomic mass is 10.1. The molecular weight excluding hydrogens is 208 g/mol. The predicted molar refractivity (Wildman–Crippen MR) is 60.5 cm³/mol. The van der Waals surface area contributed by atoms with Gasteiger partial charge in [-0.15, -0.1) is 0 Å². The van der Waals surface area contributed by atoms with Gasteiger partial charge in [0.1, 0.15) is 12.0 Å². The maximum atomic E-state index is 9.43. The highest BCUT2D eigenvalue weighted by Crippen LogP contribution is 2.29. The van der Waals surface area contributed by atoms with Crippen molar-refractivity contribution in [3.05, 3.63) is 6.33 Å². The number of aromatic nitrogens is 2. The standard InChI is InChI=1S/C10H16N4O2/c1-16-10-8(11)9(12-6-13-10)14-4-2-7(15)3-5-14/h6-7,15H,2-5,11H2,1H3. The Kier molecular flexibility index (Phi) is 3.09. The van der Waals surface area contributed by atoms with Crippen molar-refractivity contribution in [3.63, 3.8) is 0 Å². The Bertz CT molecular complexity index is 364. The zero-order valence-corrected chi connectivity index (χ0v) is 9.26. The number of aliphatic hydroxyl groups excluding tert-OH is 1. The topological polar surface area (TPSA) is 84.5 Å². The molecule has 2 heterocycles. The molecule has 1 aliphatic rings. The van der Waals surface area contributed by atoms with E-state index in [0.29, 0.717) is 17.4 Å². The molecule has 0 amide bonds. The van der Waals surface area contributed by atoms with Crippen LogP contribution in [0.1, 0.15) is 12.8 Å². The normalized spacial score (nSPS) is 17.5. The number of nitrogens with zero attached hydrogens (tertiary/aromatic N) is 3. The van der Waals surface area contributed by atoms with Crippen LogP contribution in [-0.4, -0.2) is 41.4 Å². The Morgan fingerprint density at radius 1 is 1.44 bits per heavy atom. The van der Waals surface area contributed by atoms with E-state index in [0.717, 1.165) is 25.9 Å². The van der Waals surface area contributed by atoms with Crippen LogP contribution in [0.15, 0.2) is 6.33 Å². The van der Waals surface area contributed by atoms with Crippen LogP contribution >= 0.6 is 0 Å². The number of methoxy groups -OCH3 is 1. The van der Waals surface area contributed by atoms with Crippen LogP contribution in [0.4, 0.5) is 11.5 Å². The van der Waals surface area contributed by atoms with Crippen molar-refractivity contribution in [2.45, 2.75) is 18.9 Å². The van der Waals surface area contributed by atoms with Gasteiger partial charge >= 0.3 is 0 Å². The average molecular weight is 224 g/mol. The Labute approximate surface area is 94.1 Å². The first kappa shape index (κ1) is 10.9. The molecular formula is C10H16N4O2. The smallest absolute Gasteiger partial charge is 0.242 e. The summed E-state index contributed by atoms with van der Waals surface area (Å²) >= 11 is 0. The molecule has 0 bridgehead atoms. The number of piperidine rings is 1. The molecule has 1 aromatic heterocycles. The van der Waals surface area contributed by atoms with E-state index in [1.807, 2.05) is 4.90 Å².